The number of benzene rings is 2. The van der Waals surface area contributed by atoms with E-state index >= 15 is 0 Å². The normalized spacial score (nSPS) is 14.4. The molecule has 0 unspecified atom stereocenters. The van der Waals surface area contributed by atoms with Crippen molar-refractivity contribution in [1.82, 2.24) is 5.32 Å². The number of rotatable bonds is 4. The van der Waals surface area contributed by atoms with Crippen LogP contribution in [0.3, 0.4) is 0 Å². The third-order valence-electron chi connectivity index (χ3n) is 4.58. The maximum absolute atomic E-state index is 12.9. The standard InChI is InChI=1S/C13H17Cl2NO.C8H7Cl2F/c1-2-10-12(4-3-11(14)13(10)15)17-9-5-7-16-8-6-9;1-2-5-7(11)4-3-6(9)8(5)10/h3-4,9,16H,2,5-8H2,1H3;3-4H,2H2,1H3. The molecule has 1 N–H and O–H groups in total. The molecule has 0 aromatic heterocycles. The summed E-state index contributed by atoms with van der Waals surface area (Å²) < 4.78 is 18.9. The summed E-state index contributed by atoms with van der Waals surface area (Å²) in [6, 6.07) is 6.51. The third kappa shape index (κ3) is 6.14. The molecule has 0 aliphatic carbocycles. The average molecular weight is 467 g/mol. The van der Waals surface area contributed by atoms with Crippen LogP contribution >= 0.6 is 46.4 Å². The highest BCUT2D eigenvalue weighted by atomic mass is 35.5. The molecule has 1 aliphatic rings. The van der Waals surface area contributed by atoms with Crippen LogP contribution in [0.2, 0.25) is 20.1 Å². The molecule has 1 saturated heterocycles. The first kappa shape index (κ1) is 23.6. The Morgan fingerprint density at radius 3 is 1.96 bits per heavy atom. The Bertz CT molecular complexity index is 794. The van der Waals surface area contributed by atoms with Crippen LogP contribution in [0.15, 0.2) is 24.3 Å². The molecule has 1 fully saturated rings. The predicted octanol–water partition coefficient (Wildman–Crippen LogP) is 7.38. The number of hydrogen-bond donors (Lipinski definition) is 1. The summed E-state index contributed by atoms with van der Waals surface area (Å²) in [5.74, 6) is 0.593. The summed E-state index contributed by atoms with van der Waals surface area (Å²) in [5, 5.41) is 5.28. The first-order valence-electron chi connectivity index (χ1n) is 9.35. The second-order valence-electron chi connectivity index (χ2n) is 6.43. The van der Waals surface area contributed by atoms with Crippen molar-refractivity contribution in [3.05, 3.63) is 61.3 Å². The summed E-state index contributed by atoms with van der Waals surface area (Å²) in [6.07, 6.45) is 3.77. The van der Waals surface area contributed by atoms with Gasteiger partial charge >= 0.3 is 0 Å². The quantitative estimate of drug-likeness (QED) is 0.474. The highest BCUT2D eigenvalue weighted by Gasteiger charge is 2.17. The van der Waals surface area contributed by atoms with Crippen LogP contribution in [0, 0.1) is 5.82 Å². The molecule has 3 rings (SSSR count). The van der Waals surface area contributed by atoms with Gasteiger partial charge in [0.15, 0.2) is 0 Å². The fourth-order valence-corrected chi connectivity index (χ4v) is 3.93. The van der Waals surface area contributed by atoms with Crippen molar-refractivity contribution in [3.63, 3.8) is 0 Å². The van der Waals surface area contributed by atoms with Crippen LogP contribution in [-0.4, -0.2) is 19.2 Å². The molecule has 154 valence electrons. The van der Waals surface area contributed by atoms with Crippen molar-refractivity contribution in [3.8, 4) is 5.75 Å². The second kappa shape index (κ2) is 11.5. The zero-order valence-corrected chi connectivity index (χ0v) is 19.0. The maximum Gasteiger partial charge on any atom is 0.127 e. The molecular weight excluding hydrogens is 443 g/mol. The molecule has 0 atom stereocenters. The van der Waals surface area contributed by atoms with E-state index in [0.717, 1.165) is 43.7 Å². The van der Waals surface area contributed by atoms with E-state index in [4.69, 9.17) is 51.1 Å². The molecule has 1 aliphatic heterocycles. The first-order chi connectivity index (χ1) is 13.4. The van der Waals surface area contributed by atoms with Crippen molar-refractivity contribution >= 4 is 46.4 Å². The van der Waals surface area contributed by atoms with Crippen molar-refractivity contribution < 1.29 is 9.13 Å². The van der Waals surface area contributed by atoms with Crippen molar-refractivity contribution in [1.29, 1.82) is 0 Å². The van der Waals surface area contributed by atoms with E-state index in [1.807, 2.05) is 13.0 Å². The fraction of sp³-hybridized carbons (Fsp3) is 0.429. The van der Waals surface area contributed by atoms with Crippen LogP contribution in [-0.2, 0) is 12.8 Å². The summed E-state index contributed by atoms with van der Waals surface area (Å²) in [4.78, 5) is 0. The Balaban J connectivity index is 0.000000221. The van der Waals surface area contributed by atoms with E-state index in [9.17, 15) is 4.39 Å². The molecule has 1 heterocycles. The summed E-state index contributed by atoms with van der Waals surface area (Å²) in [6.45, 7) is 5.94. The van der Waals surface area contributed by atoms with Gasteiger partial charge in [-0.05, 0) is 63.0 Å². The van der Waals surface area contributed by atoms with E-state index < -0.39 is 0 Å². The molecule has 28 heavy (non-hydrogen) atoms. The van der Waals surface area contributed by atoms with E-state index in [1.165, 1.54) is 12.1 Å². The van der Waals surface area contributed by atoms with Crippen LogP contribution in [0.5, 0.6) is 5.75 Å². The zero-order valence-electron chi connectivity index (χ0n) is 15.9. The van der Waals surface area contributed by atoms with Crippen LogP contribution in [0.1, 0.15) is 37.8 Å². The van der Waals surface area contributed by atoms with Gasteiger partial charge in [0.25, 0.3) is 0 Å². The van der Waals surface area contributed by atoms with Gasteiger partial charge in [0.1, 0.15) is 17.7 Å². The third-order valence-corrected chi connectivity index (χ3v) is 6.27. The minimum Gasteiger partial charge on any atom is -0.490 e. The number of nitrogens with one attached hydrogen (secondary N) is 1. The minimum absolute atomic E-state index is 0.290. The van der Waals surface area contributed by atoms with Crippen LogP contribution < -0.4 is 10.1 Å². The minimum atomic E-state index is -0.290. The maximum atomic E-state index is 12.9. The second-order valence-corrected chi connectivity index (χ2v) is 8.00. The van der Waals surface area contributed by atoms with Gasteiger partial charge in [-0.3, -0.25) is 0 Å². The lowest BCUT2D eigenvalue weighted by molar-refractivity contribution is 0.161. The molecule has 7 heteroatoms. The van der Waals surface area contributed by atoms with Gasteiger partial charge < -0.3 is 10.1 Å². The number of halogens is 5. The lowest BCUT2D eigenvalue weighted by Crippen LogP contribution is -2.34. The Kier molecular flexibility index (Phi) is 9.65. The fourth-order valence-electron chi connectivity index (χ4n) is 3.00. The number of piperidine rings is 1. The van der Waals surface area contributed by atoms with Gasteiger partial charge in [0.2, 0.25) is 0 Å². The van der Waals surface area contributed by atoms with Crippen molar-refractivity contribution in [2.24, 2.45) is 0 Å². The van der Waals surface area contributed by atoms with Gasteiger partial charge in [-0.2, -0.15) is 0 Å². The van der Waals surface area contributed by atoms with Gasteiger partial charge in [0.05, 0.1) is 20.1 Å². The van der Waals surface area contributed by atoms with Crippen LogP contribution in [0.4, 0.5) is 4.39 Å². The molecule has 2 aromatic carbocycles. The van der Waals surface area contributed by atoms with Gasteiger partial charge in [-0.1, -0.05) is 60.3 Å². The smallest absolute Gasteiger partial charge is 0.127 e. The number of ether oxygens (including phenoxy) is 1. The summed E-state index contributed by atoms with van der Waals surface area (Å²) in [5.41, 5.74) is 1.50. The molecular formula is C21H24Cl4FNO. The SMILES string of the molecule is CCc1c(F)ccc(Cl)c1Cl.CCc1c(OC2CCNCC2)ccc(Cl)c1Cl. The van der Waals surface area contributed by atoms with Gasteiger partial charge in [0, 0.05) is 11.1 Å². The molecule has 0 radical (unpaired) electrons. The largest absolute Gasteiger partial charge is 0.490 e. The average Bonchev–Trinajstić information content (AvgIpc) is 2.70. The van der Waals surface area contributed by atoms with Gasteiger partial charge in [-0.15, -0.1) is 0 Å². The Labute approximate surface area is 186 Å². The van der Waals surface area contributed by atoms with E-state index in [2.05, 4.69) is 12.2 Å². The number of hydrogen-bond acceptors (Lipinski definition) is 2. The molecule has 0 bridgehead atoms. The van der Waals surface area contributed by atoms with Crippen LogP contribution in [0.25, 0.3) is 0 Å². The zero-order chi connectivity index (χ0) is 20.7. The van der Waals surface area contributed by atoms with Crippen molar-refractivity contribution in [2.75, 3.05) is 13.1 Å². The molecule has 0 amide bonds. The Morgan fingerprint density at radius 2 is 1.43 bits per heavy atom. The predicted molar refractivity (Wildman–Crippen MR) is 118 cm³/mol. The van der Waals surface area contributed by atoms with E-state index in [-0.39, 0.29) is 5.82 Å². The molecule has 2 aromatic rings. The van der Waals surface area contributed by atoms with E-state index in [1.54, 1.807) is 6.07 Å². The highest BCUT2D eigenvalue weighted by molar-refractivity contribution is 6.43. The van der Waals surface area contributed by atoms with E-state index in [0.29, 0.717) is 38.2 Å². The lowest BCUT2D eigenvalue weighted by atomic mass is 10.1. The van der Waals surface area contributed by atoms with Gasteiger partial charge in [-0.25, -0.2) is 4.39 Å². The molecule has 0 spiro atoms. The summed E-state index contributed by atoms with van der Waals surface area (Å²) >= 11 is 23.6. The Hall–Kier alpha value is -0.710. The monoisotopic (exact) mass is 465 g/mol. The summed E-state index contributed by atoms with van der Waals surface area (Å²) in [7, 11) is 0. The Morgan fingerprint density at radius 1 is 0.893 bits per heavy atom. The molecule has 2 nitrogen and oxygen atoms in total. The molecule has 0 saturated carbocycles. The first-order valence-corrected chi connectivity index (χ1v) is 10.9. The lowest BCUT2D eigenvalue weighted by Gasteiger charge is -2.25. The van der Waals surface area contributed by atoms with Crippen molar-refractivity contribution in [2.45, 2.75) is 45.6 Å². The highest BCUT2D eigenvalue weighted by Crippen LogP contribution is 2.34. The topological polar surface area (TPSA) is 21.3 Å².